The van der Waals surface area contributed by atoms with Crippen molar-refractivity contribution in [1.82, 2.24) is 22.8 Å². The molecule has 0 saturated heterocycles. The van der Waals surface area contributed by atoms with Gasteiger partial charge < -0.3 is 32.6 Å². The fourth-order valence-electron chi connectivity index (χ4n) is 25.7. The molecule has 30 rings (SSSR count). The van der Waals surface area contributed by atoms with Crippen LogP contribution >= 0.6 is 11.3 Å². The number of fused-ring (bicyclic) bond motifs is 27. The molecule has 0 spiro atoms. The number of benzene rings is 20. The number of thiophene rings is 1. The molecule has 8 heteroatoms. The van der Waals surface area contributed by atoms with Crippen molar-refractivity contribution in [3.63, 3.8) is 0 Å². The minimum atomic E-state index is -0.206. The first-order valence-electron chi connectivity index (χ1n) is 51.0. The van der Waals surface area contributed by atoms with E-state index >= 15 is 0 Å². The van der Waals surface area contributed by atoms with E-state index in [0.717, 1.165) is 34.1 Å². The summed E-state index contributed by atoms with van der Waals surface area (Å²) in [6.07, 6.45) is 0. The minimum absolute atomic E-state index is 0.101. The van der Waals surface area contributed by atoms with E-state index < -0.39 is 0 Å². The summed E-state index contributed by atoms with van der Waals surface area (Å²) in [5.74, 6) is 0. The molecule has 4 aliphatic carbocycles. The summed E-state index contributed by atoms with van der Waals surface area (Å²) in [5.41, 5.74) is 44.9. The van der Waals surface area contributed by atoms with Gasteiger partial charge in [-0.05, 0) is 255 Å². The Hall–Kier alpha value is -17.6. The number of para-hydroxylation sites is 7. The summed E-state index contributed by atoms with van der Waals surface area (Å²) in [6, 6.07) is 176. The summed E-state index contributed by atoms with van der Waals surface area (Å²) >= 11 is 1.86. The lowest BCUT2D eigenvalue weighted by Gasteiger charge is -2.28. The zero-order valence-electron chi connectivity index (χ0n) is 82.6. The summed E-state index contributed by atoms with van der Waals surface area (Å²) in [5, 5.41) is 11.6. The summed E-state index contributed by atoms with van der Waals surface area (Å²) in [4.78, 5) is 4.86. The zero-order valence-corrected chi connectivity index (χ0v) is 83.5. The molecule has 26 aromatic rings. The van der Waals surface area contributed by atoms with E-state index in [1.807, 2.05) is 11.3 Å². The van der Waals surface area contributed by atoms with Gasteiger partial charge in [0.2, 0.25) is 0 Å². The van der Waals surface area contributed by atoms with Gasteiger partial charge in [0.15, 0.2) is 0 Å². The Labute approximate surface area is 853 Å². The van der Waals surface area contributed by atoms with E-state index in [1.165, 1.54) is 225 Å². The first-order valence-corrected chi connectivity index (χ1v) is 51.8. The van der Waals surface area contributed by atoms with E-state index in [4.69, 9.17) is 0 Å². The highest BCUT2D eigenvalue weighted by Crippen LogP contribution is 2.60. The van der Waals surface area contributed by atoms with Crippen molar-refractivity contribution >= 4 is 142 Å². The number of nitrogens with zero attached hydrogens (tertiary/aromatic N) is 7. The molecule has 6 heterocycles. The minimum Gasteiger partial charge on any atom is -0.310 e. The van der Waals surface area contributed by atoms with Crippen molar-refractivity contribution in [2.75, 3.05) is 9.80 Å². The predicted molar refractivity (Wildman–Crippen MR) is 616 cm³/mol. The van der Waals surface area contributed by atoms with E-state index in [1.54, 1.807) is 0 Å². The molecular formula is C138H103N7S. The molecule has 0 aliphatic heterocycles. The van der Waals surface area contributed by atoms with Crippen LogP contribution in [0.25, 0.3) is 181 Å². The van der Waals surface area contributed by atoms with Gasteiger partial charge in [0.05, 0.1) is 55.7 Å². The second-order valence-corrected chi connectivity index (χ2v) is 42.9. The molecule has 6 aromatic heterocycles. The van der Waals surface area contributed by atoms with Crippen LogP contribution in [0.3, 0.4) is 0 Å². The lowest BCUT2D eigenvalue weighted by Crippen LogP contribution is -2.17. The quantitative estimate of drug-likeness (QED) is 0.122. The molecule has 4 aliphatic rings. The first kappa shape index (κ1) is 86.3. The third kappa shape index (κ3) is 13.1. The highest BCUT2D eigenvalue weighted by Gasteiger charge is 2.45. The Bertz CT molecular complexity index is 9750. The largest absolute Gasteiger partial charge is 0.310 e. The van der Waals surface area contributed by atoms with E-state index in [0.29, 0.717) is 0 Å². The molecule has 0 fully saturated rings. The smallest absolute Gasteiger partial charge is 0.0585 e. The lowest BCUT2D eigenvalue weighted by molar-refractivity contribution is 0.660. The van der Waals surface area contributed by atoms with Crippen LogP contribution < -0.4 is 9.80 Å². The Balaban J connectivity index is 0.000000108. The molecule has 0 unspecified atom stereocenters. The number of hydrogen-bond acceptors (Lipinski definition) is 3. The van der Waals surface area contributed by atoms with Crippen LogP contribution in [0.5, 0.6) is 0 Å². The molecular weight excluding hydrogens is 1790 g/mol. The Morgan fingerprint density at radius 2 is 0.466 bits per heavy atom. The van der Waals surface area contributed by atoms with Crippen molar-refractivity contribution in [2.45, 2.75) is 77.0 Å². The van der Waals surface area contributed by atoms with Crippen LogP contribution in [0.1, 0.15) is 99.9 Å². The zero-order chi connectivity index (χ0) is 97.7. The first-order chi connectivity index (χ1) is 71.5. The predicted octanol–water partition coefficient (Wildman–Crippen LogP) is 37.3. The summed E-state index contributed by atoms with van der Waals surface area (Å²) in [6.45, 7) is 19.1. The lowest BCUT2D eigenvalue weighted by atomic mass is 9.81. The SMILES string of the molecule is CC1(C)c2ccccc2-c2c1c1cc(-n3c4ccccc4c4ccccc43)ccc1n2-c1ccc(-c2ccccc2)cc1.CC1(C)c2ccccc2-c2c1c1cc(N(c3ccccc3)c3ccc4sc5ccccc5c4c3)ccc1n2-c1ccccc1.CC1(C)c2ccccc2-c2ccc(N(c3ccccc3)c3ccc4c(c3)c3c(n4-c4ccc5c(c4)c4ccccc4n5-c4ccccc4)-c4ccccc4C3(C)C)cc21. The Kier molecular flexibility index (Phi) is 19.5. The van der Waals surface area contributed by atoms with Crippen molar-refractivity contribution in [3.05, 3.63) is 524 Å². The van der Waals surface area contributed by atoms with Crippen LogP contribution in [-0.2, 0) is 21.7 Å². The van der Waals surface area contributed by atoms with Crippen molar-refractivity contribution < 1.29 is 0 Å². The molecule has 0 bridgehead atoms. The fraction of sp³-hybridized carbons (Fsp3) is 0.0870. The molecule has 696 valence electrons. The molecule has 0 atom stereocenters. The molecule has 20 aromatic carbocycles. The Morgan fingerprint density at radius 3 is 0.959 bits per heavy atom. The average Bonchev–Trinajstić information content (AvgIpc) is 1.53. The van der Waals surface area contributed by atoms with E-state index in [9.17, 15) is 0 Å². The second-order valence-electron chi connectivity index (χ2n) is 41.8. The van der Waals surface area contributed by atoms with Crippen LogP contribution in [0.2, 0.25) is 0 Å². The Morgan fingerprint density at radius 1 is 0.171 bits per heavy atom. The normalized spacial score (nSPS) is 13.8. The molecule has 146 heavy (non-hydrogen) atoms. The number of rotatable bonds is 12. The third-order valence-electron chi connectivity index (χ3n) is 32.3. The molecule has 0 radical (unpaired) electrons. The standard InChI is InChI=1S/C56H43N3.C41H30N2S.C41H30N2/c1-55(2)47-24-14-11-21-41(47)42-30-27-40(35-49(42)55)57(36-17-7-5-8-18-36)38-28-32-52-46(34-38)53-54(44-23-12-15-25-48(44)56(53,3)4)59(52)39-29-31-51-45(33-39)43-22-13-16-26-50(43)58(51)37-19-9-6-10-20-37;1-41(2)35-19-11-9-18-32(35)40-39(41)34-26-29(21-23-36(34)43(40)28-15-7-4-8-16-28)42(27-13-5-3-6-14-27)30-22-24-38-33(25-30)31-17-10-12-20-37(31)44-38;1-41(2)35-17-9-6-16-33(35)40-39(41)34-26-30(42-36-18-10-7-14-31(36)32-15-8-11-19-37(32)42)24-25-38(34)43(40)29-22-20-28(21-23-29)27-12-4-3-5-13-27/h5-35H,1-4H3;3-26H,1-2H3;3-26H,1-2H3. The number of aromatic nitrogens is 5. The monoisotopic (exact) mass is 1890 g/mol. The van der Waals surface area contributed by atoms with Gasteiger partial charge in [-0.15, -0.1) is 11.3 Å². The molecule has 7 nitrogen and oxygen atoms in total. The van der Waals surface area contributed by atoms with E-state index in [-0.39, 0.29) is 21.7 Å². The molecule has 0 amide bonds. The van der Waals surface area contributed by atoms with Gasteiger partial charge >= 0.3 is 0 Å². The van der Waals surface area contributed by atoms with Crippen LogP contribution in [0, 0.1) is 0 Å². The van der Waals surface area contributed by atoms with Crippen LogP contribution in [-0.4, -0.2) is 22.8 Å². The van der Waals surface area contributed by atoms with Gasteiger partial charge in [-0.1, -0.05) is 347 Å². The number of anilines is 6. The highest BCUT2D eigenvalue weighted by molar-refractivity contribution is 7.25. The second kappa shape index (κ2) is 33.0. The average molecular weight is 1890 g/mol. The topological polar surface area (TPSA) is 31.1 Å². The maximum Gasteiger partial charge on any atom is 0.0585 e. The molecule has 0 N–H and O–H groups in total. The summed E-state index contributed by atoms with van der Waals surface area (Å²) < 4.78 is 15.0. The van der Waals surface area contributed by atoms with E-state index in [2.05, 4.69) is 567 Å². The van der Waals surface area contributed by atoms with Gasteiger partial charge in [-0.3, -0.25) is 0 Å². The molecule has 0 saturated carbocycles. The van der Waals surface area contributed by atoms with Crippen LogP contribution in [0.15, 0.2) is 479 Å². The van der Waals surface area contributed by atoms with Gasteiger partial charge in [-0.25, -0.2) is 0 Å². The van der Waals surface area contributed by atoms with Crippen LogP contribution in [0.4, 0.5) is 34.1 Å². The van der Waals surface area contributed by atoms with Crippen molar-refractivity contribution in [3.8, 4) is 84.5 Å². The number of hydrogen-bond donors (Lipinski definition) is 0. The van der Waals surface area contributed by atoms with Gasteiger partial charge in [-0.2, -0.15) is 0 Å². The summed E-state index contributed by atoms with van der Waals surface area (Å²) in [7, 11) is 0. The van der Waals surface area contributed by atoms with Gasteiger partial charge in [0.1, 0.15) is 0 Å². The van der Waals surface area contributed by atoms with Crippen molar-refractivity contribution in [2.24, 2.45) is 0 Å². The van der Waals surface area contributed by atoms with Crippen molar-refractivity contribution in [1.29, 1.82) is 0 Å². The van der Waals surface area contributed by atoms with Gasteiger partial charge in [0, 0.05) is 159 Å². The third-order valence-corrected chi connectivity index (χ3v) is 33.4. The highest BCUT2D eigenvalue weighted by atomic mass is 32.1. The van der Waals surface area contributed by atoms with Gasteiger partial charge in [0.25, 0.3) is 0 Å². The fourth-order valence-corrected chi connectivity index (χ4v) is 26.8. The maximum absolute atomic E-state index is 2.54. The maximum atomic E-state index is 2.54.